The van der Waals surface area contributed by atoms with Crippen molar-refractivity contribution >= 4 is 22.6 Å². The predicted molar refractivity (Wildman–Crippen MR) is 81.0 cm³/mol. The second kappa shape index (κ2) is 6.04. The lowest BCUT2D eigenvalue weighted by atomic mass is 10.1. The third-order valence-corrected chi connectivity index (χ3v) is 3.29. The summed E-state index contributed by atoms with van der Waals surface area (Å²) in [6, 6.07) is 14.7. The van der Waals surface area contributed by atoms with E-state index in [1.165, 1.54) is 0 Å². The zero-order valence-corrected chi connectivity index (χ0v) is 12.5. The van der Waals surface area contributed by atoms with E-state index < -0.39 is 6.10 Å². The molecule has 0 bridgehead atoms. The number of hydrogen-bond acceptors (Lipinski definition) is 3. The number of nitrogens with zero attached hydrogens (tertiary/aromatic N) is 1. The van der Waals surface area contributed by atoms with Gasteiger partial charge in [0.15, 0.2) is 0 Å². The minimum atomic E-state index is -0.648. The van der Waals surface area contributed by atoms with Crippen molar-refractivity contribution < 1.29 is 9.84 Å². The Hall–Kier alpha value is -1.58. The molecule has 1 N–H and O–H groups in total. The first kappa shape index (κ1) is 13.8. The average Bonchev–Trinajstić information content (AvgIpc) is 2.38. The molecule has 0 amide bonds. The Morgan fingerprint density at radius 1 is 1.26 bits per heavy atom. The smallest absolute Gasteiger partial charge is 0.134 e. The molecule has 0 spiro atoms. The van der Waals surface area contributed by atoms with Crippen molar-refractivity contribution in [2.24, 2.45) is 0 Å². The fourth-order valence-electron chi connectivity index (χ4n) is 1.69. The van der Waals surface area contributed by atoms with E-state index in [2.05, 4.69) is 28.7 Å². The molecule has 0 heterocycles. The fourth-order valence-corrected chi connectivity index (χ4v) is 2.21. The highest BCUT2D eigenvalue weighted by atomic mass is 127. The van der Waals surface area contributed by atoms with Crippen LogP contribution >= 0.6 is 22.6 Å². The molecule has 0 unspecified atom stereocenters. The third-order valence-electron chi connectivity index (χ3n) is 2.62. The number of benzene rings is 2. The van der Waals surface area contributed by atoms with E-state index in [0.717, 1.165) is 3.57 Å². The Bertz CT molecular complexity index is 632. The predicted octanol–water partition coefficient (Wildman–Crippen LogP) is 4.01. The molecule has 2 aromatic carbocycles. The van der Waals surface area contributed by atoms with Crippen LogP contribution in [0.15, 0.2) is 42.5 Å². The molecule has 19 heavy (non-hydrogen) atoms. The molecule has 4 heteroatoms. The highest BCUT2D eigenvalue weighted by molar-refractivity contribution is 14.1. The van der Waals surface area contributed by atoms with Gasteiger partial charge in [0.05, 0.1) is 17.7 Å². The first-order chi connectivity index (χ1) is 9.10. The van der Waals surface area contributed by atoms with Crippen molar-refractivity contribution in [3.8, 4) is 17.6 Å². The van der Waals surface area contributed by atoms with Gasteiger partial charge in [-0.15, -0.1) is 0 Å². The Balaban J connectivity index is 2.40. The van der Waals surface area contributed by atoms with Crippen LogP contribution in [0.3, 0.4) is 0 Å². The second-order valence-corrected chi connectivity index (χ2v) is 5.35. The Labute approximate surface area is 125 Å². The maximum atomic E-state index is 9.74. The minimum Gasteiger partial charge on any atom is -0.457 e. The van der Waals surface area contributed by atoms with E-state index >= 15 is 0 Å². The number of halogens is 1. The van der Waals surface area contributed by atoms with Gasteiger partial charge >= 0.3 is 0 Å². The van der Waals surface area contributed by atoms with Crippen LogP contribution in [0.5, 0.6) is 11.5 Å². The highest BCUT2D eigenvalue weighted by Crippen LogP contribution is 2.31. The summed E-state index contributed by atoms with van der Waals surface area (Å²) in [5.41, 5.74) is 1.17. The van der Waals surface area contributed by atoms with E-state index in [1.807, 2.05) is 24.3 Å². The molecular formula is C15H12INO2. The van der Waals surface area contributed by atoms with Crippen LogP contribution in [-0.2, 0) is 0 Å². The molecule has 0 aliphatic carbocycles. The van der Waals surface area contributed by atoms with Gasteiger partial charge in [-0.1, -0.05) is 12.1 Å². The van der Waals surface area contributed by atoms with Crippen molar-refractivity contribution in [2.45, 2.75) is 13.0 Å². The van der Waals surface area contributed by atoms with Crippen LogP contribution in [-0.4, -0.2) is 5.11 Å². The lowest BCUT2D eigenvalue weighted by Crippen LogP contribution is -1.97. The topological polar surface area (TPSA) is 53.2 Å². The van der Waals surface area contributed by atoms with Crippen LogP contribution in [0.4, 0.5) is 0 Å². The second-order valence-electron chi connectivity index (χ2n) is 4.10. The Morgan fingerprint density at radius 3 is 2.68 bits per heavy atom. The first-order valence-corrected chi connectivity index (χ1v) is 6.83. The van der Waals surface area contributed by atoms with Crippen molar-refractivity contribution in [3.63, 3.8) is 0 Å². The quantitative estimate of drug-likeness (QED) is 0.837. The molecule has 0 aromatic heterocycles. The maximum absolute atomic E-state index is 9.74. The van der Waals surface area contributed by atoms with Gasteiger partial charge in [0.1, 0.15) is 11.5 Å². The van der Waals surface area contributed by atoms with Gasteiger partial charge < -0.3 is 9.84 Å². The maximum Gasteiger partial charge on any atom is 0.134 e. The van der Waals surface area contributed by atoms with Gasteiger partial charge in [0.2, 0.25) is 0 Å². The number of rotatable bonds is 3. The normalized spacial score (nSPS) is 11.7. The number of aliphatic hydroxyl groups is 1. The van der Waals surface area contributed by atoms with Crippen molar-refractivity contribution in [2.75, 3.05) is 0 Å². The molecule has 2 rings (SSSR count). The summed E-state index contributed by atoms with van der Waals surface area (Å²) in [6.07, 6.45) is -0.648. The standard InChI is InChI=1S/C15H12INO2/c1-10(18)14-6-5-11(9-17)7-15(14)19-13-4-2-3-12(16)8-13/h2-8,10,18H,1H3/t10-/m0/s1. The molecule has 96 valence electrons. The van der Waals surface area contributed by atoms with E-state index in [9.17, 15) is 5.11 Å². The zero-order chi connectivity index (χ0) is 13.8. The summed E-state index contributed by atoms with van der Waals surface area (Å²) >= 11 is 2.20. The van der Waals surface area contributed by atoms with Crippen molar-refractivity contribution in [1.82, 2.24) is 0 Å². The molecule has 0 fully saturated rings. The van der Waals surface area contributed by atoms with E-state index in [0.29, 0.717) is 22.6 Å². The third kappa shape index (κ3) is 3.46. The SMILES string of the molecule is C[C@H](O)c1ccc(C#N)cc1Oc1cccc(I)c1. The number of ether oxygens (including phenoxy) is 1. The van der Waals surface area contributed by atoms with Gasteiger partial charge in [-0.2, -0.15) is 5.26 Å². The zero-order valence-electron chi connectivity index (χ0n) is 10.3. The van der Waals surface area contributed by atoms with E-state index in [1.54, 1.807) is 25.1 Å². The molecule has 1 atom stereocenters. The van der Waals surface area contributed by atoms with Gasteiger partial charge in [0, 0.05) is 9.13 Å². The van der Waals surface area contributed by atoms with Crippen molar-refractivity contribution in [1.29, 1.82) is 5.26 Å². The highest BCUT2D eigenvalue weighted by Gasteiger charge is 2.11. The average molecular weight is 365 g/mol. The summed E-state index contributed by atoms with van der Waals surface area (Å²) in [5.74, 6) is 1.19. The van der Waals surface area contributed by atoms with Crippen LogP contribution in [0.25, 0.3) is 0 Å². The summed E-state index contributed by atoms with van der Waals surface area (Å²) in [6.45, 7) is 1.67. The fraction of sp³-hybridized carbons (Fsp3) is 0.133. The van der Waals surface area contributed by atoms with Crippen molar-refractivity contribution in [3.05, 3.63) is 57.2 Å². The lowest BCUT2D eigenvalue weighted by Gasteiger charge is -2.13. The molecule has 0 saturated heterocycles. The molecule has 0 saturated carbocycles. The number of hydrogen-bond donors (Lipinski definition) is 1. The van der Waals surface area contributed by atoms with E-state index in [-0.39, 0.29) is 0 Å². The van der Waals surface area contributed by atoms with Crippen LogP contribution in [0.2, 0.25) is 0 Å². The Kier molecular flexibility index (Phi) is 4.40. The molecule has 0 radical (unpaired) electrons. The molecule has 3 nitrogen and oxygen atoms in total. The first-order valence-electron chi connectivity index (χ1n) is 5.75. The van der Waals surface area contributed by atoms with Crippen LogP contribution in [0, 0.1) is 14.9 Å². The van der Waals surface area contributed by atoms with Gasteiger partial charge in [-0.05, 0) is 59.8 Å². The lowest BCUT2D eigenvalue weighted by molar-refractivity contribution is 0.195. The molecule has 0 aliphatic heterocycles. The van der Waals surface area contributed by atoms with Crippen LogP contribution in [0.1, 0.15) is 24.2 Å². The summed E-state index contributed by atoms with van der Waals surface area (Å²) in [7, 11) is 0. The minimum absolute atomic E-state index is 0.505. The largest absolute Gasteiger partial charge is 0.457 e. The summed E-state index contributed by atoms with van der Waals surface area (Å²) < 4.78 is 6.84. The van der Waals surface area contributed by atoms with E-state index in [4.69, 9.17) is 10.00 Å². The van der Waals surface area contributed by atoms with Gasteiger partial charge in [0.25, 0.3) is 0 Å². The number of nitriles is 1. The van der Waals surface area contributed by atoms with Gasteiger partial charge in [-0.3, -0.25) is 0 Å². The summed E-state index contributed by atoms with van der Waals surface area (Å²) in [4.78, 5) is 0. The number of aliphatic hydroxyl groups excluding tert-OH is 1. The Morgan fingerprint density at radius 2 is 2.05 bits per heavy atom. The molecule has 2 aromatic rings. The van der Waals surface area contributed by atoms with Gasteiger partial charge in [-0.25, -0.2) is 0 Å². The summed E-state index contributed by atoms with van der Waals surface area (Å²) in [5, 5.41) is 18.7. The monoisotopic (exact) mass is 365 g/mol. The molecular weight excluding hydrogens is 353 g/mol. The molecule has 0 aliphatic rings. The van der Waals surface area contributed by atoms with Crippen LogP contribution < -0.4 is 4.74 Å².